The highest BCUT2D eigenvalue weighted by Gasteiger charge is 2.31. The van der Waals surface area contributed by atoms with Gasteiger partial charge in [0.15, 0.2) is 11.7 Å². The van der Waals surface area contributed by atoms with Gasteiger partial charge in [0.1, 0.15) is 0 Å². The molecule has 33 heavy (non-hydrogen) atoms. The molecule has 0 saturated carbocycles. The third-order valence-corrected chi connectivity index (χ3v) is 5.23. The molecule has 1 atom stereocenters. The molecule has 2 aromatic carbocycles. The molecule has 1 unspecified atom stereocenters. The molecule has 8 heteroatoms. The van der Waals surface area contributed by atoms with E-state index in [1.165, 1.54) is 6.26 Å². The van der Waals surface area contributed by atoms with Crippen LogP contribution >= 0.6 is 0 Å². The zero-order chi connectivity index (χ0) is 23.0. The van der Waals surface area contributed by atoms with Crippen molar-refractivity contribution in [1.29, 1.82) is 0 Å². The number of nitrogens with one attached hydrogen (secondary N) is 3. The highest BCUT2D eigenvalue weighted by atomic mass is 16.3. The lowest BCUT2D eigenvalue weighted by molar-refractivity contribution is -0.117. The predicted octanol–water partition coefficient (Wildman–Crippen LogP) is 3.39. The van der Waals surface area contributed by atoms with Gasteiger partial charge in [-0.25, -0.2) is 4.99 Å². The van der Waals surface area contributed by atoms with E-state index >= 15 is 0 Å². The van der Waals surface area contributed by atoms with Gasteiger partial charge in [0.05, 0.1) is 18.8 Å². The van der Waals surface area contributed by atoms with E-state index in [1.54, 1.807) is 17.0 Å². The Labute approximate surface area is 192 Å². The number of benzene rings is 2. The minimum absolute atomic E-state index is 0.0329. The quantitative estimate of drug-likeness (QED) is 0.382. The van der Waals surface area contributed by atoms with Gasteiger partial charge < -0.3 is 25.3 Å². The first-order valence-electron chi connectivity index (χ1n) is 11.0. The number of nitrogens with zero attached hydrogens (tertiary/aromatic N) is 2. The number of carbonyl (C=O) groups is 2. The topological polar surface area (TPSA) is 99.0 Å². The molecule has 1 aliphatic heterocycles. The molecule has 0 radical (unpaired) electrons. The Kier molecular flexibility index (Phi) is 7.04. The second-order valence-electron chi connectivity index (χ2n) is 7.71. The number of guanidine groups is 1. The van der Waals surface area contributed by atoms with Crippen LogP contribution in [0.3, 0.4) is 0 Å². The van der Waals surface area contributed by atoms with E-state index in [1.807, 2.05) is 61.5 Å². The number of anilines is 2. The van der Waals surface area contributed by atoms with Crippen LogP contribution in [0.25, 0.3) is 0 Å². The van der Waals surface area contributed by atoms with Gasteiger partial charge in [-0.1, -0.05) is 30.3 Å². The molecule has 2 amide bonds. The van der Waals surface area contributed by atoms with Crippen LogP contribution in [0.4, 0.5) is 11.4 Å². The summed E-state index contributed by atoms with van der Waals surface area (Å²) in [5.41, 5.74) is 2.52. The molecule has 8 nitrogen and oxygen atoms in total. The average Bonchev–Trinajstić information content (AvgIpc) is 3.49. The maximum absolute atomic E-state index is 12.5. The summed E-state index contributed by atoms with van der Waals surface area (Å²) in [6.45, 7) is 3.70. The van der Waals surface area contributed by atoms with Gasteiger partial charge in [0.2, 0.25) is 5.91 Å². The lowest BCUT2D eigenvalue weighted by Gasteiger charge is -2.19. The van der Waals surface area contributed by atoms with Gasteiger partial charge in [0, 0.05) is 30.9 Å². The van der Waals surface area contributed by atoms with Gasteiger partial charge in [-0.15, -0.1) is 0 Å². The zero-order valence-corrected chi connectivity index (χ0v) is 18.5. The molecule has 1 saturated heterocycles. The molecule has 1 aliphatic rings. The van der Waals surface area contributed by atoms with Gasteiger partial charge >= 0.3 is 0 Å². The number of para-hydroxylation sites is 1. The first kappa shape index (κ1) is 22.1. The summed E-state index contributed by atoms with van der Waals surface area (Å²) >= 11 is 0. The first-order valence-corrected chi connectivity index (χ1v) is 11.0. The van der Waals surface area contributed by atoms with E-state index in [-0.39, 0.29) is 23.6 Å². The number of hydrogen-bond acceptors (Lipinski definition) is 4. The van der Waals surface area contributed by atoms with Crippen molar-refractivity contribution in [2.45, 2.75) is 25.9 Å². The van der Waals surface area contributed by atoms with Gasteiger partial charge in [-0.2, -0.15) is 0 Å². The monoisotopic (exact) mass is 445 g/mol. The fourth-order valence-electron chi connectivity index (χ4n) is 3.69. The molecule has 1 aromatic heterocycles. The van der Waals surface area contributed by atoms with Crippen molar-refractivity contribution in [3.05, 3.63) is 84.3 Å². The highest BCUT2D eigenvalue weighted by Crippen LogP contribution is 2.21. The molecule has 3 N–H and O–H groups in total. The molecule has 0 bridgehead atoms. The van der Waals surface area contributed by atoms with E-state index < -0.39 is 0 Å². The summed E-state index contributed by atoms with van der Waals surface area (Å²) < 4.78 is 5.13. The number of rotatable bonds is 7. The molecular weight excluding hydrogens is 418 g/mol. The summed E-state index contributed by atoms with van der Waals surface area (Å²) in [4.78, 5) is 31.2. The van der Waals surface area contributed by atoms with Crippen LogP contribution in [-0.2, 0) is 11.3 Å². The van der Waals surface area contributed by atoms with Crippen LogP contribution in [0.5, 0.6) is 0 Å². The van der Waals surface area contributed by atoms with Crippen molar-refractivity contribution in [2.24, 2.45) is 4.99 Å². The minimum Gasteiger partial charge on any atom is -0.459 e. The molecular formula is C25H27N5O3. The lowest BCUT2D eigenvalue weighted by atomic mass is 10.2. The predicted molar refractivity (Wildman–Crippen MR) is 128 cm³/mol. The van der Waals surface area contributed by atoms with Crippen LogP contribution in [-0.4, -0.2) is 36.9 Å². The van der Waals surface area contributed by atoms with Gasteiger partial charge in [-0.05, 0) is 48.9 Å². The number of carbonyl (C=O) groups excluding carboxylic acids is 2. The van der Waals surface area contributed by atoms with Crippen molar-refractivity contribution in [3.8, 4) is 0 Å². The largest absolute Gasteiger partial charge is 0.459 e. The Morgan fingerprint density at radius 1 is 1.12 bits per heavy atom. The normalized spacial score (nSPS) is 16.0. The molecule has 0 spiro atoms. The second-order valence-corrected chi connectivity index (χ2v) is 7.71. The zero-order valence-electron chi connectivity index (χ0n) is 18.5. The second kappa shape index (κ2) is 10.5. The maximum atomic E-state index is 12.5. The van der Waals surface area contributed by atoms with Crippen LogP contribution in [0.2, 0.25) is 0 Å². The lowest BCUT2D eigenvalue weighted by Crippen LogP contribution is -2.44. The Balaban J connectivity index is 1.38. The molecule has 4 rings (SSSR count). The number of furan rings is 1. The average molecular weight is 446 g/mol. The molecule has 170 valence electrons. The maximum Gasteiger partial charge on any atom is 0.291 e. The Bertz CT molecular complexity index is 1110. The van der Waals surface area contributed by atoms with Crippen molar-refractivity contribution < 1.29 is 14.0 Å². The minimum atomic E-state index is -0.301. The van der Waals surface area contributed by atoms with Crippen LogP contribution in [0.15, 0.2) is 82.4 Å². The number of aliphatic imine (C=N–C) groups is 1. The van der Waals surface area contributed by atoms with Gasteiger partial charge in [-0.3, -0.25) is 9.59 Å². The summed E-state index contributed by atoms with van der Waals surface area (Å²) in [6.07, 6.45) is 1.87. The third kappa shape index (κ3) is 5.79. The highest BCUT2D eigenvalue weighted by molar-refractivity contribution is 6.02. The molecule has 1 fully saturated rings. The van der Waals surface area contributed by atoms with E-state index in [2.05, 4.69) is 20.9 Å². The van der Waals surface area contributed by atoms with Crippen molar-refractivity contribution in [1.82, 2.24) is 10.6 Å². The van der Waals surface area contributed by atoms with E-state index in [0.29, 0.717) is 37.7 Å². The summed E-state index contributed by atoms with van der Waals surface area (Å²) in [7, 11) is 0. The number of amides is 2. The molecule has 2 heterocycles. The van der Waals surface area contributed by atoms with Crippen LogP contribution in [0.1, 0.15) is 29.5 Å². The molecule has 0 aliphatic carbocycles. The Morgan fingerprint density at radius 2 is 1.97 bits per heavy atom. The first-order chi connectivity index (χ1) is 16.1. The molecule has 3 aromatic rings. The van der Waals surface area contributed by atoms with E-state index in [0.717, 1.165) is 11.3 Å². The van der Waals surface area contributed by atoms with E-state index in [4.69, 9.17) is 4.42 Å². The third-order valence-electron chi connectivity index (χ3n) is 5.23. The summed E-state index contributed by atoms with van der Waals surface area (Å²) in [5, 5.41) is 9.44. The SMILES string of the molecule is CCNC(=NCc1cccc(NC(=O)c2ccco2)c1)NC1CC(=O)N(c2ccccc2)C1. The van der Waals surface area contributed by atoms with Crippen molar-refractivity contribution in [3.63, 3.8) is 0 Å². The fourth-order valence-corrected chi connectivity index (χ4v) is 3.69. The van der Waals surface area contributed by atoms with Crippen LogP contribution in [0, 0.1) is 0 Å². The smallest absolute Gasteiger partial charge is 0.291 e. The van der Waals surface area contributed by atoms with Gasteiger partial charge in [0.25, 0.3) is 5.91 Å². The van der Waals surface area contributed by atoms with Crippen molar-refractivity contribution in [2.75, 3.05) is 23.3 Å². The summed E-state index contributed by atoms with van der Waals surface area (Å²) in [6, 6.07) is 20.5. The van der Waals surface area contributed by atoms with Crippen molar-refractivity contribution >= 4 is 29.1 Å². The summed E-state index contributed by atoms with van der Waals surface area (Å²) in [5.74, 6) is 0.696. The Hall–Kier alpha value is -4.07. The number of hydrogen-bond donors (Lipinski definition) is 3. The van der Waals surface area contributed by atoms with E-state index in [9.17, 15) is 9.59 Å². The fraction of sp³-hybridized carbons (Fsp3) is 0.240. The standard InChI is InChI=1S/C25H27N5O3/c1-2-26-25(29-20-15-23(31)30(17-20)21-10-4-3-5-11-21)27-16-18-8-6-9-19(14-18)28-24(32)22-12-7-13-33-22/h3-14,20H,2,15-17H2,1H3,(H,28,32)(H2,26,27,29). The Morgan fingerprint density at radius 3 is 2.73 bits per heavy atom. The van der Waals surface area contributed by atoms with Crippen LogP contribution < -0.4 is 20.9 Å².